The summed E-state index contributed by atoms with van der Waals surface area (Å²) in [6, 6.07) is 18.6. The Hall–Kier alpha value is -3.45. The molecule has 5 rings (SSSR count). The van der Waals surface area contributed by atoms with Crippen molar-refractivity contribution in [3.05, 3.63) is 72.1 Å². The lowest BCUT2D eigenvalue weighted by Crippen LogP contribution is -2.40. The third kappa shape index (κ3) is 3.80. The molecule has 4 aromatic rings. The number of fused-ring (bicyclic) bond motifs is 1. The van der Waals surface area contributed by atoms with Crippen LogP contribution in [0.1, 0.15) is 24.0 Å². The van der Waals surface area contributed by atoms with Crippen molar-refractivity contribution in [1.82, 2.24) is 19.6 Å². The van der Waals surface area contributed by atoms with Gasteiger partial charge in [0.1, 0.15) is 17.9 Å². The Morgan fingerprint density at radius 2 is 1.91 bits per heavy atom. The number of nitrogens with zero attached hydrogens (tertiary/aromatic N) is 4. The lowest BCUT2D eigenvalue weighted by atomic mass is 9.73. The average molecular weight is 430 g/mol. The number of methoxy groups -OCH3 is 1. The summed E-state index contributed by atoms with van der Waals surface area (Å²) in [5.41, 5.74) is 4.24. The van der Waals surface area contributed by atoms with Gasteiger partial charge in [-0.15, -0.1) is 0 Å². The summed E-state index contributed by atoms with van der Waals surface area (Å²) in [6.07, 6.45) is 3.37. The first-order chi connectivity index (χ1) is 15.7. The van der Waals surface area contributed by atoms with E-state index in [2.05, 4.69) is 57.6 Å². The summed E-state index contributed by atoms with van der Waals surface area (Å²) >= 11 is 0. The number of hydrogen-bond acceptors (Lipinski definition) is 6. The molecule has 0 unspecified atom stereocenters. The van der Waals surface area contributed by atoms with Crippen LogP contribution in [0, 0.1) is 6.92 Å². The van der Waals surface area contributed by atoms with Gasteiger partial charge in [-0.3, -0.25) is 0 Å². The Morgan fingerprint density at radius 1 is 1.09 bits per heavy atom. The Kier molecular flexibility index (Phi) is 5.49. The molecule has 1 aliphatic heterocycles. The first kappa shape index (κ1) is 20.5. The van der Waals surface area contributed by atoms with E-state index in [1.165, 1.54) is 17.5 Å². The molecule has 164 valence electrons. The van der Waals surface area contributed by atoms with Crippen LogP contribution < -0.4 is 10.1 Å². The summed E-state index contributed by atoms with van der Waals surface area (Å²) in [7, 11) is 1.74. The van der Waals surface area contributed by atoms with E-state index in [0.717, 1.165) is 55.4 Å². The lowest BCUT2D eigenvalue weighted by Gasteiger charge is -2.39. The number of hydrogen-bond donors (Lipinski definition) is 1. The van der Waals surface area contributed by atoms with Crippen LogP contribution in [-0.2, 0) is 10.2 Å². The monoisotopic (exact) mass is 429 g/mol. The van der Waals surface area contributed by atoms with Gasteiger partial charge in [0, 0.05) is 42.4 Å². The van der Waals surface area contributed by atoms with Crippen LogP contribution in [0.15, 0.2) is 60.9 Å². The predicted octanol–water partition coefficient (Wildman–Crippen LogP) is 4.27. The molecule has 1 N–H and O–H groups in total. The molecule has 0 spiro atoms. The van der Waals surface area contributed by atoms with Crippen molar-refractivity contribution >= 4 is 11.6 Å². The maximum atomic E-state index is 5.76. The highest BCUT2D eigenvalue weighted by molar-refractivity contribution is 5.65. The van der Waals surface area contributed by atoms with Crippen molar-refractivity contribution in [2.24, 2.45) is 0 Å². The lowest BCUT2D eigenvalue weighted by molar-refractivity contribution is 0.0535. The summed E-state index contributed by atoms with van der Waals surface area (Å²) in [5, 5.41) is 8.06. The predicted molar refractivity (Wildman–Crippen MR) is 124 cm³/mol. The molecule has 0 bridgehead atoms. The van der Waals surface area contributed by atoms with Gasteiger partial charge in [-0.25, -0.2) is 4.98 Å². The number of ether oxygens (including phenoxy) is 2. The molecule has 2 aromatic heterocycles. The molecule has 32 heavy (non-hydrogen) atoms. The van der Waals surface area contributed by atoms with Crippen LogP contribution in [-0.4, -0.2) is 46.5 Å². The maximum absolute atomic E-state index is 5.76. The fourth-order valence-corrected chi connectivity index (χ4v) is 4.49. The van der Waals surface area contributed by atoms with Gasteiger partial charge < -0.3 is 14.8 Å². The van der Waals surface area contributed by atoms with Gasteiger partial charge in [-0.1, -0.05) is 48.0 Å². The van der Waals surface area contributed by atoms with E-state index in [1.807, 2.05) is 24.3 Å². The first-order valence-electron chi connectivity index (χ1n) is 10.9. The number of rotatable bonds is 6. The molecular weight excluding hydrogens is 402 g/mol. The number of aryl methyl sites for hydroxylation is 1. The molecule has 0 amide bonds. The van der Waals surface area contributed by atoms with Gasteiger partial charge in [0.25, 0.3) is 5.78 Å². The molecule has 0 radical (unpaired) electrons. The Bertz CT molecular complexity index is 1220. The molecule has 2 aromatic carbocycles. The van der Waals surface area contributed by atoms with Crippen molar-refractivity contribution in [3.63, 3.8) is 0 Å². The fourth-order valence-electron chi connectivity index (χ4n) is 4.49. The molecule has 7 nitrogen and oxygen atoms in total. The minimum atomic E-state index is -0.112. The van der Waals surface area contributed by atoms with Gasteiger partial charge in [-0.2, -0.15) is 14.6 Å². The maximum Gasteiger partial charge on any atom is 0.254 e. The Balaban J connectivity index is 1.53. The van der Waals surface area contributed by atoms with Crippen molar-refractivity contribution < 1.29 is 9.47 Å². The zero-order valence-corrected chi connectivity index (χ0v) is 18.4. The molecule has 7 heteroatoms. The SMILES string of the molecule is COc1ccc(C)cc1C1(CNc2cc(-c3ccccc3)nc3ncnn23)CCOCC1. The zero-order chi connectivity index (χ0) is 22.0. The highest BCUT2D eigenvalue weighted by Crippen LogP contribution is 2.40. The van der Waals surface area contributed by atoms with E-state index in [0.29, 0.717) is 5.78 Å². The summed E-state index contributed by atoms with van der Waals surface area (Å²) < 4.78 is 13.2. The molecule has 1 fully saturated rings. The van der Waals surface area contributed by atoms with Crippen LogP contribution in [0.25, 0.3) is 17.0 Å². The van der Waals surface area contributed by atoms with Crippen LogP contribution >= 0.6 is 0 Å². The third-order valence-corrected chi connectivity index (χ3v) is 6.31. The minimum Gasteiger partial charge on any atom is -0.496 e. The normalized spacial score (nSPS) is 15.6. The number of benzene rings is 2. The Morgan fingerprint density at radius 3 is 2.69 bits per heavy atom. The van der Waals surface area contributed by atoms with Crippen molar-refractivity contribution in [1.29, 1.82) is 0 Å². The van der Waals surface area contributed by atoms with Crippen molar-refractivity contribution in [2.75, 3.05) is 32.2 Å². The molecular formula is C25H27N5O2. The van der Waals surface area contributed by atoms with Gasteiger partial charge in [-0.05, 0) is 25.8 Å². The number of anilines is 1. The van der Waals surface area contributed by atoms with Crippen LogP contribution in [0.5, 0.6) is 5.75 Å². The van der Waals surface area contributed by atoms with E-state index in [4.69, 9.17) is 9.47 Å². The molecule has 0 aliphatic carbocycles. The largest absolute Gasteiger partial charge is 0.496 e. The highest BCUT2D eigenvalue weighted by Gasteiger charge is 2.37. The topological polar surface area (TPSA) is 73.6 Å². The second-order valence-electron chi connectivity index (χ2n) is 8.31. The number of nitrogens with one attached hydrogen (secondary N) is 1. The van der Waals surface area contributed by atoms with E-state index >= 15 is 0 Å². The molecule has 3 heterocycles. The van der Waals surface area contributed by atoms with E-state index in [9.17, 15) is 0 Å². The molecule has 0 saturated carbocycles. The van der Waals surface area contributed by atoms with Crippen LogP contribution in [0.2, 0.25) is 0 Å². The minimum absolute atomic E-state index is 0.112. The Labute approximate surface area is 187 Å². The smallest absolute Gasteiger partial charge is 0.254 e. The highest BCUT2D eigenvalue weighted by atomic mass is 16.5. The quantitative estimate of drug-likeness (QED) is 0.493. The standard InChI is InChI=1S/C25H27N5O2/c1-18-8-9-22(31-2)20(14-18)25(10-12-32-13-11-25)16-26-23-15-21(19-6-4-3-5-7-19)29-24-27-17-28-30(23)24/h3-9,14-15,17,26H,10-13,16H2,1-2H3. The van der Waals surface area contributed by atoms with Gasteiger partial charge in [0.2, 0.25) is 0 Å². The second-order valence-corrected chi connectivity index (χ2v) is 8.31. The zero-order valence-electron chi connectivity index (χ0n) is 18.4. The van der Waals surface area contributed by atoms with Crippen LogP contribution in [0.4, 0.5) is 5.82 Å². The van der Waals surface area contributed by atoms with E-state index in [1.54, 1.807) is 11.6 Å². The summed E-state index contributed by atoms with van der Waals surface area (Å²) in [6.45, 7) is 4.30. The molecule has 1 saturated heterocycles. The van der Waals surface area contributed by atoms with Gasteiger partial charge in [0.05, 0.1) is 12.8 Å². The molecule has 0 atom stereocenters. The van der Waals surface area contributed by atoms with E-state index in [-0.39, 0.29) is 5.41 Å². The van der Waals surface area contributed by atoms with Gasteiger partial charge in [0.15, 0.2) is 0 Å². The average Bonchev–Trinajstić information content (AvgIpc) is 3.32. The molecule has 1 aliphatic rings. The van der Waals surface area contributed by atoms with E-state index < -0.39 is 0 Å². The summed E-state index contributed by atoms with van der Waals surface area (Å²) in [4.78, 5) is 9.02. The summed E-state index contributed by atoms with van der Waals surface area (Å²) in [5.74, 6) is 2.36. The van der Waals surface area contributed by atoms with Gasteiger partial charge >= 0.3 is 0 Å². The van der Waals surface area contributed by atoms with Crippen LogP contribution in [0.3, 0.4) is 0 Å². The second kappa shape index (κ2) is 8.59. The first-order valence-corrected chi connectivity index (χ1v) is 10.9. The van der Waals surface area contributed by atoms with Crippen molar-refractivity contribution in [3.8, 4) is 17.0 Å². The third-order valence-electron chi connectivity index (χ3n) is 6.31. The van der Waals surface area contributed by atoms with Crippen molar-refractivity contribution in [2.45, 2.75) is 25.2 Å². The fraction of sp³-hybridized carbons (Fsp3) is 0.320. The number of aromatic nitrogens is 4.